The molecule has 0 amide bonds. The first-order chi connectivity index (χ1) is 4.88. The van der Waals surface area contributed by atoms with E-state index in [0.717, 1.165) is 5.92 Å². The summed E-state index contributed by atoms with van der Waals surface area (Å²) in [6.07, 6.45) is 5.23. The van der Waals surface area contributed by atoms with E-state index in [1.54, 1.807) is 0 Å². The fourth-order valence-electron chi connectivity index (χ4n) is 1.84. The van der Waals surface area contributed by atoms with Crippen LogP contribution in [0.15, 0.2) is 0 Å². The summed E-state index contributed by atoms with van der Waals surface area (Å²) >= 11 is 0. The third-order valence-corrected chi connectivity index (χ3v) is 2.60. The largest absolute Gasteiger partial charge is 0.396 e. The zero-order chi connectivity index (χ0) is 7.40. The lowest BCUT2D eigenvalue weighted by molar-refractivity contribution is 0.181. The third-order valence-electron chi connectivity index (χ3n) is 2.60. The molecule has 3 N–H and O–H groups in total. The Balaban J connectivity index is 2.29. The van der Waals surface area contributed by atoms with E-state index in [9.17, 15) is 0 Å². The quantitative estimate of drug-likeness (QED) is 0.612. The van der Waals surface area contributed by atoms with Gasteiger partial charge in [-0.25, -0.2) is 0 Å². The number of hydrogen-bond acceptors (Lipinski definition) is 2. The van der Waals surface area contributed by atoms with E-state index in [1.807, 2.05) is 0 Å². The van der Waals surface area contributed by atoms with Crippen molar-refractivity contribution in [3.05, 3.63) is 0 Å². The fourth-order valence-corrected chi connectivity index (χ4v) is 1.84. The molecule has 1 saturated carbocycles. The highest BCUT2D eigenvalue weighted by molar-refractivity contribution is 4.75. The van der Waals surface area contributed by atoms with Gasteiger partial charge in [0.05, 0.1) is 0 Å². The van der Waals surface area contributed by atoms with E-state index < -0.39 is 0 Å². The average molecular weight is 143 g/mol. The molecule has 1 fully saturated rings. The van der Waals surface area contributed by atoms with Gasteiger partial charge in [-0.2, -0.15) is 0 Å². The molecule has 1 unspecified atom stereocenters. The summed E-state index contributed by atoms with van der Waals surface area (Å²) in [5.41, 5.74) is 5.50. The van der Waals surface area contributed by atoms with Crippen molar-refractivity contribution in [2.45, 2.75) is 25.7 Å². The monoisotopic (exact) mass is 143 g/mol. The Labute approximate surface area is 62.4 Å². The summed E-state index contributed by atoms with van der Waals surface area (Å²) in [5, 5.41) is 8.91. The lowest BCUT2D eigenvalue weighted by Crippen LogP contribution is -2.24. The van der Waals surface area contributed by atoms with Crippen molar-refractivity contribution in [1.29, 1.82) is 0 Å². The molecule has 1 aliphatic carbocycles. The van der Waals surface area contributed by atoms with Gasteiger partial charge in [-0.1, -0.05) is 25.7 Å². The summed E-state index contributed by atoms with van der Waals surface area (Å²) in [7, 11) is 0. The maximum atomic E-state index is 8.91. The third kappa shape index (κ3) is 1.70. The molecular weight excluding hydrogens is 126 g/mol. The fraction of sp³-hybridized carbons (Fsp3) is 1.00. The van der Waals surface area contributed by atoms with Gasteiger partial charge in [-0.3, -0.25) is 0 Å². The van der Waals surface area contributed by atoms with Gasteiger partial charge in [-0.05, 0) is 18.4 Å². The Bertz CT molecular complexity index is 85.3. The van der Waals surface area contributed by atoms with E-state index in [4.69, 9.17) is 10.8 Å². The Morgan fingerprint density at radius 2 is 2.00 bits per heavy atom. The molecule has 0 bridgehead atoms. The van der Waals surface area contributed by atoms with Crippen LogP contribution in [-0.4, -0.2) is 18.3 Å². The van der Waals surface area contributed by atoms with Crippen LogP contribution in [0.2, 0.25) is 0 Å². The van der Waals surface area contributed by atoms with Crippen molar-refractivity contribution in [2.24, 2.45) is 17.6 Å². The maximum Gasteiger partial charge on any atom is 0.0473 e. The molecule has 0 radical (unpaired) electrons. The molecule has 60 valence electrons. The highest BCUT2D eigenvalue weighted by Gasteiger charge is 2.22. The molecule has 0 spiro atoms. The number of nitrogens with two attached hydrogens (primary N) is 1. The average Bonchev–Trinajstić information content (AvgIpc) is 2.43. The van der Waals surface area contributed by atoms with Gasteiger partial charge in [-0.15, -0.1) is 0 Å². The number of rotatable bonds is 3. The summed E-state index contributed by atoms with van der Waals surface area (Å²) in [6, 6.07) is 0. The van der Waals surface area contributed by atoms with Gasteiger partial charge in [0.15, 0.2) is 0 Å². The molecule has 1 rings (SSSR count). The minimum Gasteiger partial charge on any atom is -0.396 e. The van der Waals surface area contributed by atoms with Crippen molar-refractivity contribution >= 4 is 0 Å². The van der Waals surface area contributed by atoms with Crippen molar-refractivity contribution < 1.29 is 5.11 Å². The zero-order valence-corrected chi connectivity index (χ0v) is 6.42. The van der Waals surface area contributed by atoms with Crippen molar-refractivity contribution in [1.82, 2.24) is 0 Å². The van der Waals surface area contributed by atoms with Gasteiger partial charge in [0.25, 0.3) is 0 Å². The van der Waals surface area contributed by atoms with E-state index in [0.29, 0.717) is 12.5 Å². The lowest BCUT2D eigenvalue weighted by Gasteiger charge is -2.18. The van der Waals surface area contributed by atoms with Crippen LogP contribution < -0.4 is 5.73 Å². The molecule has 1 atom stereocenters. The minimum atomic E-state index is 0.279. The zero-order valence-electron chi connectivity index (χ0n) is 6.42. The topological polar surface area (TPSA) is 46.2 Å². The first kappa shape index (κ1) is 8.02. The number of aliphatic hydroxyl groups is 1. The predicted octanol–water partition coefficient (Wildman–Crippen LogP) is 0.744. The van der Waals surface area contributed by atoms with Gasteiger partial charge in [0, 0.05) is 6.61 Å². The Morgan fingerprint density at radius 1 is 1.40 bits per heavy atom. The molecule has 2 nitrogen and oxygen atoms in total. The van der Waals surface area contributed by atoms with E-state index in [-0.39, 0.29) is 6.61 Å². The number of aliphatic hydroxyl groups excluding tert-OH is 1. The molecular formula is C8H17NO. The molecule has 0 aliphatic heterocycles. The van der Waals surface area contributed by atoms with Gasteiger partial charge in [0.1, 0.15) is 0 Å². The first-order valence-electron chi connectivity index (χ1n) is 4.19. The Hall–Kier alpha value is -0.0800. The molecule has 0 saturated heterocycles. The molecule has 1 aliphatic rings. The van der Waals surface area contributed by atoms with Crippen LogP contribution in [0.3, 0.4) is 0 Å². The first-order valence-corrected chi connectivity index (χ1v) is 4.19. The van der Waals surface area contributed by atoms with Gasteiger partial charge < -0.3 is 10.8 Å². The van der Waals surface area contributed by atoms with E-state index in [2.05, 4.69) is 0 Å². The normalized spacial score (nSPS) is 23.4. The second-order valence-corrected chi connectivity index (χ2v) is 3.22. The SMILES string of the molecule is NCC(CO)C1CCCC1. The summed E-state index contributed by atoms with van der Waals surface area (Å²) < 4.78 is 0. The smallest absolute Gasteiger partial charge is 0.0473 e. The Morgan fingerprint density at radius 3 is 2.40 bits per heavy atom. The van der Waals surface area contributed by atoms with Crippen LogP contribution in [0.1, 0.15) is 25.7 Å². The van der Waals surface area contributed by atoms with Gasteiger partial charge >= 0.3 is 0 Å². The van der Waals surface area contributed by atoms with Gasteiger partial charge in [0.2, 0.25) is 0 Å². The molecule has 10 heavy (non-hydrogen) atoms. The second kappa shape index (κ2) is 3.94. The number of hydrogen-bond donors (Lipinski definition) is 2. The maximum absolute atomic E-state index is 8.91. The summed E-state index contributed by atoms with van der Waals surface area (Å²) in [4.78, 5) is 0. The molecule has 0 heterocycles. The lowest BCUT2D eigenvalue weighted by atomic mass is 9.92. The predicted molar refractivity (Wildman–Crippen MR) is 41.6 cm³/mol. The highest BCUT2D eigenvalue weighted by Crippen LogP contribution is 2.30. The summed E-state index contributed by atoms with van der Waals surface area (Å²) in [6.45, 7) is 0.933. The molecule has 2 heteroatoms. The standard InChI is InChI=1S/C8H17NO/c9-5-8(6-10)7-3-1-2-4-7/h7-8,10H,1-6,9H2. The van der Waals surface area contributed by atoms with Crippen molar-refractivity contribution in [3.63, 3.8) is 0 Å². The van der Waals surface area contributed by atoms with E-state index >= 15 is 0 Å². The molecule has 0 aromatic rings. The minimum absolute atomic E-state index is 0.279. The van der Waals surface area contributed by atoms with Crippen molar-refractivity contribution in [3.8, 4) is 0 Å². The van der Waals surface area contributed by atoms with Crippen LogP contribution >= 0.6 is 0 Å². The molecule has 0 aromatic heterocycles. The molecule has 0 aromatic carbocycles. The Kier molecular flexibility index (Phi) is 3.16. The van der Waals surface area contributed by atoms with Crippen molar-refractivity contribution in [2.75, 3.05) is 13.2 Å². The van der Waals surface area contributed by atoms with Crippen LogP contribution in [0.4, 0.5) is 0 Å². The van der Waals surface area contributed by atoms with Crippen LogP contribution in [0, 0.1) is 11.8 Å². The van der Waals surface area contributed by atoms with Crippen LogP contribution in [0.5, 0.6) is 0 Å². The second-order valence-electron chi connectivity index (χ2n) is 3.22. The van der Waals surface area contributed by atoms with E-state index in [1.165, 1.54) is 25.7 Å². The summed E-state index contributed by atoms with van der Waals surface area (Å²) in [5.74, 6) is 1.09. The van der Waals surface area contributed by atoms with Crippen LogP contribution in [-0.2, 0) is 0 Å². The van der Waals surface area contributed by atoms with Crippen LogP contribution in [0.25, 0.3) is 0 Å². The highest BCUT2D eigenvalue weighted by atomic mass is 16.3.